The molecule has 1 aliphatic rings. The molecule has 5 heteroatoms. The van der Waals surface area contributed by atoms with E-state index in [-0.39, 0.29) is 12.6 Å². The van der Waals surface area contributed by atoms with Gasteiger partial charge >= 0.3 is 0 Å². The number of carbonyl (C=O) groups is 1. The molecule has 1 saturated heterocycles. The molecule has 1 fully saturated rings. The second-order valence-corrected chi connectivity index (χ2v) is 5.02. The number of amides is 1. The van der Waals surface area contributed by atoms with Gasteiger partial charge in [0.1, 0.15) is 0 Å². The summed E-state index contributed by atoms with van der Waals surface area (Å²) in [5.74, 6) is -0.461. The van der Waals surface area contributed by atoms with Crippen LogP contribution in [0, 0.1) is 0 Å². The molecule has 1 amide bonds. The van der Waals surface area contributed by atoms with Crippen LogP contribution in [-0.4, -0.2) is 30.2 Å². The topological polar surface area (TPSA) is 92.6 Å². The Labute approximate surface area is 113 Å². The molecule has 0 bridgehead atoms. The van der Waals surface area contributed by atoms with Crippen LogP contribution in [0.15, 0.2) is 18.2 Å². The van der Waals surface area contributed by atoms with Crippen LogP contribution in [-0.2, 0) is 0 Å². The number of nitrogen functional groups attached to an aromatic ring is 1. The van der Waals surface area contributed by atoms with E-state index in [0.717, 1.165) is 37.9 Å². The third-order valence-corrected chi connectivity index (χ3v) is 3.71. The minimum Gasteiger partial charge on any atom is -0.397 e. The summed E-state index contributed by atoms with van der Waals surface area (Å²) in [7, 11) is 0. The van der Waals surface area contributed by atoms with Gasteiger partial charge in [0.15, 0.2) is 0 Å². The van der Waals surface area contributed by atoms with Gasteiger partial charge in [-0.1, -0.05) is 12.8 Å². The predicted octanol–water partition coefficient (Wildman–Crippen LogP) is 1.11. The van der Waals surface area contributed by atoms with Crippen LogP contribution in [0.4, 0.5) is 11.4 Å². The van der Waals surface area contributed by atoms with E-state index in [1.54, 1.807) is 18.2 Å². The number of benzene rings is 1. The van der Waals surface area contributed by atoms with Crippen molar-refractivity contribution in [1.29, 1.82) is 0 Å². The van der Waals surface area contributed by atoms with E-state index in [0.29, 0.717) is 11.3 Å². The van der Waals surface area contributed by atoms with E-state index >= 15 is 0 Å². The Morgan fingerprint density at radius 1 is 1.37 bits per heavy atom. The van der Waals surface area contributed by atoms with Crippen molar-refractivity contribution in [1.82, 2.24) is 0 Å². The van der Waals surface area contributed by atoms with Crippen molar-refractivity contribution in [2.45, 2.75) is 31.7 Å². The molecule has 1 unspecified atom stereocenters. The summed E-state index contributed by atoms with van der Waals surface area (Å²) in [6.45, 7) is 0.942. The summed E-state index contributed by atoms with van der Waals surface area (Å²) >= 11 is 0. The number of nitrogens with two attached hydrogens (primary N) is 2. The zero-order chi connectivity index (χ0) is 13.8. The highest BCUT2D eigenvalue weighted by atomic mass is 16.3. The Balaban J connectivity index is 2.36. The predicted molar refractivity (Wildman–Crippen MR) is 76.1 cm³/mol. The highest BCUT2D eigenvalue weighted by Crippen LogP contribution is 2.30. The molecule has 0 saturated carbocycles. The largest absolute Gasteiger partial charge is 0.397 e. The van der Waals surface area contributed by atoms with Crippen molar-refractivity contribution in [2.24, 2.45) is 5.73 Å². The molecule has 0 radical (unpaired) electrons. The second-order valence-electron chi connectivity index (χ2n) is 5.02. The van der Waals surface area contributed by atoms with Gasteiger partial charge in [-0.15, -0.1) is 0 Å². The Hall–Kier alpha value is -1.75. The first-order valence-electron chi connectivity index (χ1n) is 6.70. The van der Waals surface area contributed by atoms with E-state index in [1.807, 2.05) is 0 Å². The first kappa shape index (κ1) is 13.7. The van der Waals surface area contributed by atoms with Crippen molar-refractivity contribution in [2.75, 3.05) is 23.8 Å². The average molecular weight is 263 g/mol. The first-order chi connectivity index (χ1) is 9.13. The fraction of sp³-hybridized carbons (Fsp3) is 0.500. The van der Waals surface area contributed by atoms with Gasteiger partial charge < -0.3 is 21.5 Å². The lowest BCUT2D eigenvalue weighted by Gasteiger charge is -2.32. The maximum Gasteiger partial charge on any atom is 0.248 e. The number of hydrogen-bond donors (Lipinski definition) is 3. The van der Waals surface area contributed by atoms with E-state index < -0.39 is 5.91 Å². The molecule has 19 heavy (non-hydrogen) atoms. The summed E-state index contributed by atoms with van der Waals surface area (Å²) in [5.41, 5.74) is 13.2. The van der Waals surface area contributed by atoms with Crippen LogP contribution in [0.1, 0.15) is 36.0 Å². The van der Waals surface area contributed by atoms with Crippen LogP contribution in [0.25, 0.3) is 0 Å². The highest BCUT2D eigenvalue weighted by molar-refractivity contribution is 5.95. The zero-order valence-corrected chi connectivity index (χ0v) is 11.0. The molecule has 104 valence electrons. The summed E-state index contributed by atoms with van der Waals surface area (Å²) in [5, 5.41) is 9.54. The molecule has 0 aromatic heterocycles. The molecule has 1 atom stereocenters. The van der Waals surface area contributed by atoms with Gasteiger partial charge in [0.05, 0.1) is 24.0 Å². The average Bonchev–Trinajstić information content (AvgIpc) is 2.64. The van der Waals surface area contributed by atoms with Crippen molar-refractivity contribution in [3.05, 3.63) is 23.8 Å². The van der Waals surface area contributed by atoms with Crippen LogP contribution in [0.2, 0.25) is 0 Å². The third kappa shape index (κ3) is 2.98. The Morgan fingerprint density at radius 3 is 2.84 bits per heavy atom. The van der Waals surface area contributed by atoms with Crippen LogP contribution < -0.4 is 16.4 Å². The summed E-state index contributed by atoms with van der Waals surface area (Å²) in [6.07, 6.45) is 4.27. The molecule has 0 spiro atoms. The van der Waals surface area contributed by atoms with E-state index in [4.69, 9.17) is 11.5 Å². The number of primary amides is 1. The minimum absolute atomic E-state index is 0.0629. The quantitative estimate of drug-likeness (QED) is 0.712. The van der Waals surface area contributed by atoms with Gasteiger partial charge in [0.2, 0.25) is 5.91 Å². The van der Waals surface area contributed by atoms with Crippen LogP contribution in [0.5, 0.6) is 0 Å². The Kier molecular flexibility index (Phi) is 4.27. The molecule has 5 nitrogen and oxygen atoms in total. The minimum atomic E-state index is -0.461. The first-order valence-corrected chi connectivity index (χ1v) is 6.70. The number of anilines is 2. The number of aliphatic hydroxyl groups excluding tert-OH is 1. The van der Waals surface area contributed by atoms with Gasteiger partial charge in [0.25, 0.3) is 0 Å². The maximum atomic E-state index is 11.3. The molecule has 1 aromatic carbocycles. The van der Waals surface area contributed by atoms with Gasteiger partial charge in [0, 0.05) is 12.1 Å². The number of hydrogen-bond acceptors (Lipinski definition) is 4. The number of nitrogens with zero attached hydrogens (tertiary/aromatic N) is 1. The fourth-order valence-corrected chi connectivity index (χ4v) is 2.63. The number of aliphatic hydroxyl groups is 1. The normalized spacial score (nSPS) is 20.1. The standard InChI is InChI=1S/C14H21N3O2/c15-12-6-5-10(14(16)19)8-13(12)17-7-3-1-2-4-11(17)9-18/h5-6,8,11,18H,1-4,7,9,15H2,(H2,16,19). The molecule has 5 N–H and O–H groups in total. The summed E-state index contributed by atoms with van der Waals surface area (Å²) < 4.78 is 0. The Morgan fingerprint density at radius 2 is 2.16 bits per heavy atom. The van der Waals surface area contributed by atoms with E-state index in [2.05, 4.69) is 4.90 Å². The highest BCUT2D eigenvalue weighted by Gasteiger charge is 2.22. The maximum absolute atomic E-state index is 11.3. The van der Waals surface area contributed by atoms with Crippen molar-refractivity contribution in [3.63, 3.8) is 0 Å². The van der Waals surface area contributed by atoms with E-state index in [1.165, 1.54) is 0 Å². The monoisotopic (exact) mass is 263 g/mol. The molecular weight excluding hydrogens is 242 g/mol. The van der Waals surface area contributed by atoms with Crippen LogP contribution >= 0.6 is 0 Å². The molecule has 2 rings (SSSR count). The van der Waals surface area contributed by atoms with E-state index in [9.17, 15) is 9.90 Å². The third-order valence-electron chi connectivity index (χ3n) is 3.71. The van der Waals surface area contributed by atoms with Gasteiger partial charge in [-0.25, -0.2) is 0 Å². The molecule has 0 aliphatic carbocycles. The number of rotatable bonds is 3. The second kappa shape index (κ2) is 5.93. The molecule has 1 heterocycles. The van der Waals surface area contributed by atoms with Crippen molar-refractivity contribution < 1.29 is 9.90 Å². The summed E-state index contributed by atoms with van der Waals surface area (Å²) in [6, 6.07) is 5.13. The lowest BCUT2D eigenvalue weighted by Crippen LogP contribution is -2.38. The summed E-state index contributed by atoms with van der Waals surface area (Å²) in [4.78, 5) is 13.4. The van der Waals surface area contributed by atoms with Crippen LogP contribution in [0.3, 0.4) is 0 Å². The van der Waals surface area contributed by atoms with Crippen molar-refractivity contribution in [3.8, 4) is 0 Å². The molecule has 1 aliphatic heterocycles. The van der Waals surface area contributed by atoms with Gasteiger partial charge in [-0.05, 0) is 31.0 Å². The van der Waals surface area contributed by atoms with Gasteiger partial charge in [-0.2, -0.15) is 0 Å². The SMILES string of the molecule is NC(=O)c1ccc(N)c(N2CCCCCC2CO)c1. The molecule has 1 aromatic rings. The lowest BCUT2D eigenvalue weighted by atomic mass is 10.1. The number of carbonyl (C=O) groups excluding carboxylic acids is 1. The lowest BCUT2D eigenvalue weighted by molar-refractivity contribution is 0.100. The smallest absolute Gasteiger partial charge is 0.248 e. The van der Waals surface area contributed by atoms with Gasteiger partial charge in [-0.3, -0.25) is 4.79 Å². The Bertz CT molecular complexity index is 462. The fourth-order valence-electron chi connectivity index (χ4n) is 2.63. The van der Waals surface area contributed by atoms with Crippen molar-refractivity contribution >= 4 is 17.3 Å². The zero-order valence-electron chi connectivity index (χ0n) is 11.0. The molecular formula is C14H21N3O2.